The number of esters is 1. The Hall–Kier alpha value is -0.610. The maximum Gasteiger partial charge on any atom is 0.305 e. The summed E-state index contributed by atoms with van der Waals surface area (Å²) in [5.41, 5.74) is 0. The molecule has 122 valence electrons. The Kier molecular flexibility index (Phi) is 7.51. The van der Waals surface area contributed by atoms with Crippen LogP contribution in [-0.2, 0) is 9.53 Å². The first-order chi connectivity index (χ1) is 10.3. The van der Waals surface area contributed by atoms with Gasteiger partial charge in [-0.3, -0.25) is 4.79 Å². The Balaban J connectivity index is 1.54. The second kappa shape index (κ2) is 9.42. The minimum atomic E-state index is -0.0390. The summed E-state index contributed by atoms with van der Waals surface area (Å²) in [6.45, 7) is 7.32. The van der Waals surface area contributed by atoms with Gasteiger partial charge in [-0.2, -0.15) is 0 Å². The van der Waals surface area contributed by atoms with Gasteiger partial charge in [0.1, 0.15) is 0 Å². The lowest BCUT2D eigenvalue weighted by Gasteiger charge is -2.35. The summed E-state index contributed by atoms with van der Waals surface area (Å²) in [4.78, 5) is 13.9. The lowest BCUT2D eigenvalue weighted by molar-refractivity contribution is -0.143. The van der Waals surface area contributed by atoms with E-state index in [-0.39, 0.29) is 5.97 Å². The number of nitrogens with one attached hydrogen (secondary N) is 1. The molecular formula is C17H32N2O2. The number of likely N-dealkylation sites (tertiary alicyclic amines) is 1. The van der Waals surface area contributed by atoms with E-state index in [2.05, 4.69) is 10.2 Å². The van der Waals surface area contributed by atoms with E-state index in [0.717, 1.165) is 24.8 Å². The third-order valence-corrected chi connectivity index (χ3v) is 4.87. The molecular weight excluding hydrogens is 264 g/mol. The van der Waals surface area contributed by atoms with Gasteiger partial charge in [-0.15, -0.1) is 0 Å². The number of unbranched alkanes of at least 4 members (excludes halogenated alkanes) is 2. The van der Waals surface area contributed by atoms with Gasteiger partial charge in [0, 0.05) is 19.0 Å². The van der Waals surface area contributed by atoms with Crippen LogP contribution in [0.3, 0.4) is 0 Å². The van der Waals surface area contributed by atoms with Crippen molar-refractivity contribution in [1.82, 2.24) is 10.2 Å². The van der Waals surface area contributed by atoms with Crippen molar-refractivity contribution in [3.05, 3.63) is 0 Å². The second-order valence-electron chi connectivity index (χ2n) is 6.52. The molecule has 0 spiro atoms. The molecule has 2 saturated heterocycles. The maximum absolute atomic E-state index is 11.3. The highest BCUT2D eigenvalue weighted by molar-refractivity contribution is 5.69. The molecule has 2 rings (SSSR count). The molecule has 4 nitrogen and oxygen atoms in total. The molecule has 0 bridgehead atoms. The summed E-state index contributed by atoms with van der Waals surface area (Å²) < 4.78 is 4.95. The molecule has 0 aromatic carbocycles. The van der Waals surface area contributed by atoms with Crippen molar-refractivity contribution >= 4 is 5.97 Å². The summed E-state index contributed by atoms with van der Waals surface area (Å²) >= 11 is 0. The van der Waals surface area contributed by atoms with E-state index in [9.17, 15) is 4.79 Å². The van der Waals surface area contributed by atoms with E-state index in [4.69, 9.17) is 4.74 Å². The molecule has 0 aromatic heterocycles. The SMILES string of the molecule is CCOC(=O)CCCCCN1CCCC(C2CCCN2)C1. The summed E-state index contributed by atoms with van der Waals surface area (Å²) in [6, 6.07) is 0.775. The molecule has 2 heterocycles. The van der Waals surface area contributed by atoms with Crippen LogP contribution in [0.15, 0.2) is 0 Å². The predicted molar refractivity (Wildman–Crippen MR) is 85.3 cm³/mol. The van der Waals surface area contributed by atoms with Gasteiger partial charge in [0.25, 0.3) is 0 Å². The highest BCUT2D eigenvalue weighted by atomic mass is 16.5. The summed E-state index contributed by atoms with van der Waals surface area (Å²) in [6.07, 6.45) is 9.39. The number of ether oxygens (including phenoxy) is 1. The zero-order valence-electron chi connectivity index (χ0n) is 13.6. The molecule has 2 fully saturated rings. The standard InChI is InChI=1S/C17H32N2O2/c1-2-21-17(20)10-4-3-5-12-19-13-7-8-15(14-19)16-9-6-11-18-16/h15-16,18H,2-14H2,1H3. The molecule has 0 saturated carbocycles. The molecule has 2 atom stereocenters. The van der Waals surface area contributed by atoms with Gasteiger partial charge in [-0.05, 0) is 71.0 Å². The van der Waals surface area contributed by atoms with Crippen molar-refractivity contribution in [2.24, 2.45) is 5.92 Å². The van der Waals surface area contributed by atoms with E-state index in [1.807, 2.05) is 6.92 Å². The third-order valence-electron chi connectivity index (χ3n) is 4.87. The molecule has 0 radical (unpaired) electrons. The molecule has 1 N–H and O–H groups in total. The minimum Gasteiger partial charge on any atom is -0.466 e. The number of rotatable bonds is 8. The lowest BCUT2D eigenvalue weighted by atomic mass is 9.89. The number of carbonyl (C=O) groups excluding carboxylic acids is 1. The van der Waals surface area contributed by atoms with Gasteiger partial charge >= 0.3 is 5.97 Å². The molecule has 2 unspecified atom stereocenters. The monoisotopic (exact) mass is 296 g/mol. The summed E-state index contributed by atoms with van der Waals surface area (Å²) in [7, 11) is 0. The Labute approximate surface area is 129 Å². The average Bonchev–Trinajstić information content (AvgIpc) is 3.02. The first-order valence-electron chi connectivity index (χ1n) is 8.91. The van der Waals surface area contributed by atoms with Crippen LogP contribution in [0.5, 0.6) is 0 Å². The number of carbonyl (C=O) groups is 1. The van der Waals surface area contributed by atoms with Gasteiger partial charge in [0.2, 0.25) is 0 Å². The Morgan fingerprint density at radius 1 is 1.24 bits per heavy atom. The fraction of sp³-hybridized carbons (Fsp3) is 0.941. The van der Waals surface area contributed by atoms with Crippen molar-refractivity contribution in [3.8, 4) is 0 Å². The van der Waals surface area contributed by atoms with Crippen molar-refractivity contribution < 1.29 is 9.53 Å². The van der Waals surface area contributed by atoms with E-state index < -0.39 is 0 Å². The van der Waals surface area contributed by atoms with Crippen molar-refractivity contribution in [2.45, 2.75) is 64.3 Å². The molecule has 21 heavy (non-hydrogen) atoms. The molecule has 0 aromatic rings. The van der Waals surface area contributed by atoms with Gasteiger partial charge in [-0.1, -0.05) is 6.42 Å². The highest BCUT2D eigenvalue weighted by Crippen LogP contribution is 2.24. The van der Waals surface area contributed by atoms with Crippen LogP contribution in [0.25, 0.3) is 0 Å². The molecule has 0 amide bonds. The molecule has 2 aliphatic heterocycles. The molecule has 2 aliphatic rings. The number of nitrogens with zero attached hydrogens (tertiary/aromatic N) is 1. The van der Waals surface area contributed by atoms with Crippen LogP contribution < -0.4 is 5.32 Å². The Morgan fingerprint density at radius 2 is 2.14 bits per heavy atom. The highest BCUT2D eigenvalue weighted by Gasteiger charge is 2.28. The quantitative estimate of drug-likeness (QED) is 0.552. The maximum atomic E-state index is 11.3. The molecule has 4 heteroatoms. The van der Waals surface area contributed by atoms with E-state index in [1.54, 1.807) is 0 Å². The van der Waals surface area contributed by atoms with Crippen molar-refractivity contribution in [2.75, 3.05) is 32.8 Å². The van der Waals surface area contributed by atoms with Crippen molar-refractivity contribution in [1.29, 1.82) is 0 Å². The predicted octanol–water partition coefficient (Wildman–Crippen LogP) is 2.57. The van der Waals surface area contributed by atoms with Crippen molar-refractivity contribution in [3.63, 3.8) is 0 Å². The summed E-state index contributed by atoms with van der Waals surface area (Å²) in [5, 5.41) is 3.67. The van der Waals surface area contributed by atoms with Crippen LogP contribution in [0.1, 0.15) is 58.3 Å². The van der Waals surface area contributed by atoms with Crippen LogP contribution in [0.4, 0.5) is 0 Å². The second-order valence-corrected chi connectivity index (χ2v) is 6.52. The zero-order valence-corrected chi connectivity index (χ0v) is 13.6. The number of piperidine rings is 1. The summed E-state index contributed by atoms with van der Waals surface area (Å²) in [5.74, 6) is 0.823. The van der Waals surface area contributed by atoms with Crippen LogP contribution in [0.2, 0.25) is 0 Å². The van der Waals surface area contributed by atoms with Gasteiger partial charge in [0.05, 0.1) is 6.61 Å². The minimum absolute atomic E-state index is 0.0390. The number of hydrogen-bond donors (Lipinski definition) is 1. The van der Waals surface area contributed by atoms with E-state index in [1.165, 1.54) is 58.3 Å². The molecule has 0 aliphatic carbocycles. The van der Waals surface area contributed by atoms with Gasteiger partial charge in [-0.25, -0.2) is 0 Å². The van der Waals surface area contributed by atoms with Crippen LogP contribution in [0, 0.1) is 5.92 Å². The van der Waals surface area contributed by atoms with E-state index in [0.29, 0.717) is 13.0 Å². The first kappa shape index (κ1) is 16.8. The largest absolute Gasteiger partial charge is 0.466 e. The normalized spacial score (nSPS) is 26.9. The Morgan fingerprint density at radius 3 is 2.90 bits per heavy atom. The van der Waals surface area contributed by atoms with Gasteiger partial charge in [0.15, 0.2) is 0 Å². The van der Waals surface area contributed by atoms with Crippen LogP contribution >= 0.6 is 0 Å². The lowest BCUT2D eigenvalue weighted by Crippen LogP contribution is -2.43. The van der Waals surface area contributed by atoms with Gasteiger partial charge < -0.3 is 15.0 Å². The average molecular weight is 296 g/mol. The smallest absolute Gasteiger partial charge is 0.305 e. The topological polar surface area (TPSA) is 41.6 Å². The number of hydrogen-bond acceptors (Lipinski definition) is 4. The fourth-order valence-corrected chi connectivity index (χ4v) is 3.75. The zero-order chi connectivity index (χ0) is 14.9. The third kappa shape index (κ3) is 5.95. The first-order valence-corrected chi connectivity index (χ1v) is 8.91. The Bertz CT molecular complexity index is 303. The fourth-order valence-electron chi connectivity index (χ4n) is 3.75. The van der Waals surface area contributed by atoms with Crippen LogP contribution in [-0.4, -0.2) is 49.7 Å². The van der Waals surface area contributed by atoms with E-state index >= 15 is 0 Å².